The lowest BCUT2D eigenvalue weighted by atomic mass is 10.0. The van der Waals surface area contributed by atoms with Crippen LogP contribution in [-0.4, -0.2) is 44.5 Å². The Morgan fingerprint density at radius 1 is 1.41 bits per heavy atom. The predicted molar refractivity (Wildman–Crippen MR) is 104 cm³/mol. The SMILES string of the molecule is CCn1c(=O)[nH]c(=O)c2c(C(=O)N3CC(CN)CC3C)cc(C(C)C)nc21. The number of hydrogen-bond acceptors (Lipinski definition) is 5. The van der Waals surface area contributed by atoms with Crippen LogP contribution in [0.5, 0.6) is 0 Å². The second-order valence-corrected chi connectivity index (χ2v) is 7.60. The molecule has 0 bridgehead atoms. The van der Waals surface area contributed by atoms with Crippen LogP contribution < -0.4 is 17.0 Å². The molecule has 8 heteroatoms. The number of nitrogens with two attached hydrogens (primary N) is 1. The molecular formula is C19H27N5O3. The first-order chi connectivity index (χ1) is 12.8. The molecule has 3 heterocycles. The minimum Gasteiger partial charge on any atom is -0.336 e. The van der Waals surface area contributed by atoms with Gasteiger partial charge >= 0.3 is 5.69 Å². The van der Waals surface area contributed by atoms with E-state index in [1.807, 2.05) is 20.8 Å². The van der Waals surface area contributed by atoms with Crippen LogP contribution in [0.2, 0.25) is 0 Å². The van der Waals surface area contributed by atoms with Crippen LogP contribution in [-0.2, 0) is 6.54 Å². The first kappa shape index (κ1) is 19.3. The van der Waals surface area contributed by atoms with Crippen molar-refractivity contribution in [1.29, 1.82) is 0 Å². The smallest absolute Gasteiger partial charge is 0.329 e. The van der Waals surface area contributed by atoms with Crippen molar-refractivity contribution >= 4 is 16.9 Å². The van der Waals surface area contributed by atoms with Gasteiger partial charge in [0, 0.05) is 24.8 Å². The highest BCUT2D eigenvalue weighted by molar-refractivity contribution is 6.05. The number of carbonyl (C=O) groups excluding carboxylic acids is 1. The van der Waals surface area contributed by atoms with E-state index in [0.717, 1.165) is 6.42 Å². The Bertz CT molecular complexity index is 991. The minimum atomic E-state index is -0.576. The quantitative estimate of drug-likeness (QED) is 0.831. The maximum atomic E-state index is 13.4. The number of nitrogens with zero attached hydrogens (tertiary/aromatic N) is 3. The van der Waals surface area contributed by atoms with E-state index in [0.29, 0.717) is 30.9 Å². The molecule has 1 saturated heterocycles. The van der Waals surface area contributed by atoms with Crippen molar-refractivity contribution in [3.63, 3.8) is 0 Å². The number of rotatable bonds is 4. The summed E-state index contributed by atoms with van der Waals surface area (Å²) in [4.78, 5) is 46.8. The van der Waals surface area contributed by atoms with Gasteiger partial charge in [-0.3, -0.25) is 19.1 Å². The number of fused-ring (bicyclic) bond motifs is 1. The molecule has 1 amide bonds. The summed E-state index contributed by atoms with van der Waals surface area (Å²) in [6.45, 7) is 9.18. The number of likely N-dealkylation sites (tertiary alicyclic amines) is 1. The maximum absolute atomic E-state index is 13.4. The van der Waals surface area contributed by atoms with Gasteiger partial charge in [-0.05, 0) is 44.7 Å². The van der Waals surface area contributed by atoms with Crippen LogP contribution in [0, 0.1) is 5.92 Å². The maximum Gasteiger partial charge on any atom is 0.329 e. The monoisotopic (exact) mass is 373 g/mol. The topological polar surface area (TPSA) is 114 Å². The zero-order valence-corrected chi connectivity index (χ0v) is 16.3. The van der Waals surface area contributed by atoms with Gasteiger partial charge in [-0.2, -0.15) is 0 Å². The lowest BCUT2D eigenvalue weighted by Crippen LogP contribution is -2.37. The fraction of sp³-hybridized carbons (Fsp3) is 0.579. The number of aromatic amines is 1. The summed E-state index contributed by atoms with van der Waals surface area (Å²) in [6.07, 6.45) is 0.846. The third-order valence-corrected chi connectivity index (χ3v) is 5.36. The van der Waals surface area contributed by atoms with Crippen molar-refractivity contribution in [3.05, 3.63) is 38.2 Å². The molecule has 0 saturated carbocycles. The minimum absolute atomic E-state index is 0.0490. The van der Waals surface area contributed by atoms with Crippen LogP contribution in [0.4, 0.5) is 0 Å². The highest BCUT2D eigenvalue weighted by Gasteiger charge is 2.34. The van der Waals surface area contributed by atoms with Gasteiger partial charge in [-0.15, -0.1) is 0 Å². The van der Waals surface area contributed by atoms with Crippen molar-refractivity contribution in [2.75, 3.05) is 13.1 Å². The Kier molecular flexibility index (Phi) is 5.19. The molecule has 0 radical (unpaired) electrons. The standard InChI is InChI=1S/C19H27N5O3/c1-5-23-16-15(17(25)22-19(23)27)13(7-14(21-16)10(2)3)18(26)24-9-12(8-20)6-11(24)4/h7,10-12H,5-6,8-9,20H2,1-4H3,(H,22,25,27). The number of H-pyrrole nitrogens is 1. The highest BCUT2D eigenvalue weighted by atomic mass is 16.2. The van der Waals surface area contributed by atoms with Crippen LogP contribution in [0.15, 0.2) is 15.7 Å². The van der Waals surface area contributed by atoms with Gasteiger partial charge in [0.1, 0.15) is 0 Å². The van der Waals surface area contributed by atoms with Crippen LogP contribution in [0.25, 0.3) is 11.0 Å². The zero-order valence-electron chi connectivity index (χ0n) is 16.3. The number of nitrogens with one attached hydrogen (secondary N) is 1. The summed E-state index contributed by atoms with van der Waals surface area (Å²) in [7, 11) is 0. The second kappa shape index (κ2) is 7.26. The Morgan fingerprint density at radius 2 is 2.11 bits per heavy atom. The fourth-order valence-corrected chi connectivity index (χ4v) is 3.80. The van der Waals surface area contributed by atoms with Crippen LogP contribution in [0.1, 0.15) is 56.1 Å². The first-order valence-electron chi connectivity index (χ1n) is 9.47. The predicted octanol–water partition coefficient (Wildman–Crippen LogP) is 1.04. The van der Waals surface area contributed by atoms with E-state index in [-0.39, 0.29) is 34.8 Å². The summed E-state index contributed by atoms with van der Waals surface area (Å²) < 4.78 is 1.40. The van der Waals surface area contributed by atoms with E-state index in [2.05, 4.69) is 9.97 Å². The summed E-state index contributed by atoms with van der Waals surface area (Å²) in [5.74, 6) is 0.0988. The van der Waals surface area contributed by atoms with Crippen molar-refractivity contribution < 1.29 is 4.79 Å². The molecule has 3 N–H and O–H groups in total. The normalized spacial score (nSPS) is 20.0. The molecule has 8 nitrogen and oxygen atoms in total. The van der Waals surface area contributed by atoms with E-state index in [9.17, 15) is 14.4 Å². The number of pyridine rings is 1. The molecule has 1 aliphatic rings. The highest BCUT2D eigenvalue weighted by Crippen LogP contribution is 2.27. The van der Waals surface area contributed by atoms with Crippen molar-refractivity contribution in [3.8, 4) is 0 Å². The molecule has 2 aromatic rings. The zero-order chi connectivity index (χ0) is 19.9. The fourth-order valence-electron chi connectivity index (χ4n) is 3.80. The lowest BCUT2D eigenvalue weighted by Gasteiger charge is -2.23. The van der Waals surface area contributed by atoms with Crippen LogP contribution >= 0.6 is 0 Å². The number of hydrogen-bond donors (Lipinski definition) is 2. The van der Waals surface area contributed by atoms with E-state index in [4.69, 9.17) is 5.73 Å². The molecule has 0 spiro atoms. The molecular weight excluding hydrogens is 346 g/mol. The first-order valence-corrected chi connectivity index (χ1v) is 9.47. The Hall–Kier alpha value is -2.48. The molecule has 2 atom stereocenters. The molecule has 27 heavy (non-hydrogen) atoms. The lowest BCUT2D eigenvalue weighted by molar-refractivity contribution is 0.0745. The van der Waals surface area contributed by atoms with Gasteiger partial charge in [0.15, 0.2) is 5.65 Å². The van der Waals surface area contributed by atoms with Gasteiger partial charge in [0.25, 0.3) is 11.5 Å². The third kappa shape index (κ3) is 3.29. The third-order valence-electron chi connectivity index (χ3n) is 5.36. The number of aryl methyl sites for hydroxylation is 1. The van der Waals surface area contributed by atoms with Crippen LogP contribution in [0.3, 0.4) is 0 Å². The Balaban J connectivity index is 2.27. The van der Waals surface area contributed by atoms with E-state index in [1.54, 1.807) is 17.9 Å². The molecule has 2 aromatic heterocycles. The molecule has 0 aromatic carbocycles. The molecule has 1 aliphatic heterocycles. The molecule has 2 unspecified atom stereocenters. The summed E-state index contributed by atoms with van der Waals surface area (Å²) in [5, 5.41) is 0.175. The van der Waals surface area contributed by atoms with Gasteiger partial charge in [-0.25, -0.2) is 9.78 Å². The summed E-state index contributed by atoms with van der Waals surface area (Å²) in [6, 6.07) is 1.74. The summed E-state index contributed by atoms with van der Waals surface area (Å²) in [5.41, 5.74) is 5.95. The van der Waals surface area contributed by atoms with Gasteiger partial charge in [0.05, 0.1) is 10.9 Å². The summed E-state index contributed by atoms with van der Waals surface area (Å²) >= 11 is 0. The molecule has 146 valence electrons. The van der Waals surface area contributed by atoms with E-state index >= 15 is 0 Å². The van der Waals surface area contributed by atoms with E-state index < -0.39 is 11.2 Å². The van der Waals surface area contributed by atoms with Gasteiger partial charge in [-0.1, -0.05) is 13.8 Å². The van der Waals surface area contributed by atoms with Crippen molar-refractivity contribution in [2.45, 2.75) is 52.6 Å². The Labute approximate surface area is 157 Å². The molecule has 3 rings (SSSR count). The number of aromatic nitrogens is 3. The molecule has 1 fully saturated rings. The average Bonchev–Trinajstić information content (AvgIpc) is 3.01. The van der Waals surface area contributed by atoms with Crippen molar-refractivity contribution in [1.82, 2.24) is 19.4 Å². The van der Waals surface area contributed by atoms with Gasteiger partial charge < -0.3 is 10.6 Å². The Morgan fingerprint density at radius 3 is 2.67 bits per heavy atom. The number of carbonyl (C=O) groups is 1. The largest absolute Gasteiger partial charge is 0.336 e. The second-order valence-electron chi connectivity index (χ2n) is 7.60. The average molecular weight is 373 g/mol. The van der Waals surface area contributed by atoms with Crippen molar-refractivity contribution in [2.24, 2.45) is 11.7 Å². The van der Waals surface area contributed by atoms with E-state index in [1.165, 1.54) is 4.57 Å². The number of amides is 1. The van der Waals surface area contributed by atoms with Gasteiger partial charge in [0.2, 0.25) is 0 Å². The molecule has 0 aliphatic carbocycles.